The highest BCUT2D eigenvalue weighted by molar-refractivity contribution is 5.82. The van der Waals surface area contributed by atoms with Crippen LogP contribution >= 0.6 is 0 Å². The first-order chi connectivity index (χ1) is 16.8. The van der Waals surface area contributed by atoms with Gasteiger partial charge in [-0.2, -0.15) is 5.10 Å². The SMILES string of the molecule is CCOC(=O)C(C)Oc1ccc(-n2c(C)cc(C=Nn3c(=O)[nH]c4ccccc4c3=O)c2C)cc1. The average molecular weight is 475 g/mol. The molecular formula is C26H26N4O5. The fourth-order valence-corrected chi connectivity index (χ4v) is 3.88. The van der Waals surface area contributed by atoms with E-state index < -0.39 is 23.3 Å². The number of aryl methyl sites for hydroxylation is 1. The fourth-order valence-electron chi connectivity index (χ4n) is 3.88. The number of benzene rings is 2. The van der Waals surface area contributed by atoms with Gasteiger partial charge in [-0.05, 0) is 70.2 Å². The molecule has 0 aliphatic carbocycles. The molecule has 0 saturated heterocycles. The highest BCUT2D eigenvalue weighted by Crippen LogP contribution is 2.22. The van der Waals surface area contributed by atoms with Gasteiger partial charge in [-0.3, -0.25) is 4.79 Å². The third-order valence-electron chi connectivity index (χ3n) is 5.59. The first kappa shape index (κ1) is 23.7. The lowest BCUT2D eigenvalue weighted by atomic mass is 10.2. The van der Waals surface area contributed by atoms with E-state index in [2.05, 4.69) is 10.1 Å². The summed E-state index contributed by atoms with van der Waals surface area (Å²) in [6, 6.07) is 16.1. The van der Waals surface area contributed by atoms with Crippen LogP contribution in [0.5, 0.6) is 5.75 Å². The minimum absolute atomic E-state index is 0.299. The molecule has 4 aromatic rings. The number of H-pyrrole nitrogens is 1. The quantitative estimate of drug-likeness (QED) is 0.327. The normalized spacial score (nSPS) is 12.2. The van der Waals surface area contributed by atoms with Crippen molar-refractivity contribution in [3.05, 3.63) is 92.4 Å². The summed E-state index contributed by atoms with van der Waals surface area (Å²) in [6.07, 6.45) is 0.795. The lowest BCUT2D eigenvalue weighted by molar-refractivity contribution is -0.150. The minimum atomic E-state index is -0.708. The van der Waals surface area contributed by atoms with Crippen LogP contribution in [0.1, 0.15) is 30.8 Å². The molecule has 9 heteroatoms. The first-order valence-corrected chi connectivity index (χ1v) is 11.2. The maximum atomic E-state index is 12.7. The van der Waals surface area contributed by atoms with Gasteiger partial charge in [0.05, 0.1) is 23.7 Å². The Morgan fingerprint density at radius 1 is 1.11 bits per heavy atom. The monoisotopic (exact) mass is 474 g/mol. The van der Waals surface area contributed by atoms with Crippen molar-refractivity contribution in [1.82, 2.24) is 14.2 Å². The topological polar surface area (TPSA) is 108 Å². The van der Waals surface area contributed by atoms with Crippen LogP contribution in [0.2, 0.25) is 0 Å². The van der Waals surface area contributed by atoms with Crippen molar-refractivity contribution >= 4 is 23.1 Å². The van der Waals surface area contributed by atoms with Gasteiger partial charge in [0, 0.05) is 22.6 Å². The number of fused-ring (bicyclic) bond motifs is 1. The molecule has 0 aliphatic heterocycles. The fraction of sp³-hybridized carbons (Fsp3) is 0.231. The Bertz CT molecular complexity index is 1530. The number of para-hydroxylation sites is 1. The second kappa shape index (κ2) is 9.84. The van der Waals surface area contributed by atoms with Crippen LogP contribution in [0.15, 0.2) is 69.3 Å². The zero-order valence-corrected chi connectivity index (χ0v) is 19.9. The molecule has 0 saturated carbocycles. The van der Waals surface area contributed by atoms with Crippen LogP contribution in [0.25, 0.3) is 16.6 Å². The Balaban J connectivity index is 1.60. The molecule has 1 unspecified atom stereocenters. The number of carbonyl (C=O) groups excluding carboxylic acids is 1. The predicted octanol–water partition coefficient (Wildman–Crippen LogP) is 3.31. The van der Waals surface area contributed by atoms with Gasteiger partial charge in [-0.1, -0.05) is 12.1 Å². The number of hydrogen-bond donors (Lipinski definition) is 1. The Morgan fingerprint density at radius 3 is 2.54 bits per heavy atom. The van der Waals surface area contributed by atoms with Crippen LogP contribution in [-0.4, -0.2) is 39.1 Å². The van der Waals surface area contributed by atoms with Crippen molar-refractivity contribution in [3.63, 3.8) is 0 Å². The van der Waals surface area contributed by atoms with E-state index in [4.69, 9.17) is 9.47 Å². The van der Waals surface area contributed by atoms with Gasteiger partial charge >= 0.3 is 11.7 Å². The van der Waals surface area contributed by atoms with Crippen LogP contribution in [0.4, 0.5) is 0 Å². The van der Waals surface area contributed by atoms with E-state index in [-0.39, 0.29) is 0 Å². The molecule has 0 spiro atoms. The second-order valence-electron chi connectivity index (χ2n) is 8.01. The molecule has 0 radical (unpaired) electrons. The van der Waals surface area contributed by atoms with Gasteiger partial charge in [0.25, 0.3) is 5.56 Å². The number of esters is 1. The molecule has 0 amide bonds. The van der Waals surface area contributed by atoms with Crippen molar-refractivity contribution in [2.75, 3.05) is 6.61 Å². The van der Waals surface area contributed by atoms with Gasteiger partial charge in [0.15, 0.2) is 6.10 Å². The number of aromatic nitrogens is 3. The van der Waals surface area contributed by atoms with E-state index in [1.807, 2.05) is 36.6 Å². The van der Waals surface area contributed by atoms with Crippen LogP contribution in [0, 0.1) is 13.8 Å². The third-order valence-corrected chi connectivity index (χ3v) is 5.59. The molecule has 2 heterocycles. The number of aromatic amines is 1. The number of nitrogens with one attached hydrogen (secondary N) is 1. The highest BCUT2D eigenvalue weighted by Gasteiger charge is 2.16. The molecule has 2 aromatic carbocycles. The van der Waals surface area contributed by atoms with Crippen LogP contribution < -0.4 is 16.0 Å². The van der Waals surface area contributed by atoms with Crippen molar-refractivity contribution in [2.45, 2.75) is 33.8 Å². The van der Waals surface area contributed by atoms with Gasteiger partial charge in [-0.25, -0.2) is 9.59 Å². The highest BCUT2D eigenvalue weighted by atomic mass is 16.6. The summed E-state index contributed by atoms with van der Waals surface area (Å²) >= 11 is 0. The standard InChI is InChI=1S/C26H26N4O5/c1-5-34-25(32)18(4)35-21-12-10-20(11-13-21)29-16(2)14-19(17(29)3)15-27-30-24(31)22-8-6-7-9-23(22)28-26(30)33/h6-15,18H,5H2,1-4H3,(H,28,33). The van der Waals surface area contributed by atoms with Gasteiger partial charge in [0.2, 0.25) is 0 Å². The molecule has 9 nitrogen and oxygen atoms in total. The number of rotatable bonds is 7. The van der Waals surface area contributed by atoms with Crippen molar-refractivity contribution in [1.29, 1.82) is 0 Å². The number of ether oxygens (including phenoxy) is 2. The molecular weight excluding hydrogens is 448 g/mol. The largest absolute Gasteiger partial charge is 0.479 e. The Morgan fingerprint density at radius 2 is 1.83 bits per heavy atom. The zero-order valence-electron chi connectivity index (χ0n) is 19.9. The third kappa shape index (κ3) is 4.79. The van der Waals surface area contributed by atoms with Crippen LogP contribution in [-0.2, 0) is 9.53 Å². The number of carbonyl (C=O) groups is 1. The van der Waals surface area contributed by atoms with E-state index in [1.165, 1.54) is 6.21 Å². The smallest absolute Gasteiger partial charge is 0.349 e. The minimum Gasteiger partial charge on any atom is -0.479 e. The molecule has 0 aliphatic rings. The van der Waals surface area contributed by atoms with E-state index in [0.717, 1.165) is 27.3 Å². The molecule has 35 heavy (non-hydrogen) atoms. The summed E-state index contributed by atoms with van der Waals surface area (Å²) in [7, 11) is 0. The Kier molecular flexibility index (Phi) is 6.68. The summed E-state index contributed by atoms with van der Waals surface area (Å²) in [5.41, 5.74) is 2.85. The summed E-state index contributed by atoms with van der Waals surface area (Å²) in [6.45, 7) is 7.57. The average Bonchev–Trinajstić information content (AvgIpc) is 3.12. The lowest BCUT2D eigenvalue weighted by Crippen LogP contribution is -2.32. The predicted molar refractivity (Wildman–Crippen MR) is 134 cm³/mol. The van der Waals surface area contributed by atoms with Gasteiger partial charge in [-0.15, -0.1) is 4.68 Å². The first-order valence-electron chi connectivity index (χ1n) is 11.2. The van der Waals surface area contributed by atoms with Gasteiger partial charge < -0.3 is 19.0 Å². The van der Waals surface area contributed by atoms with Crippen molar-refractivity contribution in [2.24, 2.45) is 5.10 Å². The van der Waals surface area contributed by atoms with Gasteiger partial charge in [0.1, 0.15) is 5.75 Å². The molecule has 0 fully saturated rings. The van der Waals surface area contributed by atoms with E-state index >= 15 is 0 Å². The van der Waals surface area contributed by atoms with Crippen LogP contribution in [0.3, 0.4) is 0 Å². The number of nitrogens with zero attached hydrogens (tertiary/aromatic N) is 3. The molecule has 1 N–H and O–H groups in total. The van der Waals surface area contributed by atoms with E-state index in [1.54, 1.807) is 50.2 Å². The molecule has 4 rings (SSSR count). The maximum absolute atomic E-state index is 12.7. The zero-order chi connectivity index (χ0) is 25.1. The summed E-state index contributed by atoms with van der Waals surface area (Å²) in [4.78, 5) is 39.6. The lowest BCUT2D eigenvalue weighted by Gasteiger charge is -2.14. The number of hydrogen-bond acceptors (Lipinski definition) is 6. The van der Waals surface area contributed by atoms with Crippen molar-refractivity contribution in [3.8, 4) is 11.4 Å². The van der Waals surface area contributed by atoms with Crippen molar-refractivity contribution < 1.29 is 14.3 Å². The van der Waals surface area contributed by atoms with E-state index in [9.17, 15) is 14.4 Å². The summed E-state index contributed by atoms with van der Waals surface area (Å²) in [5, 5.41) is 4.55. The summed E-state index contributed by atoms with van der Waals surface area (Å²) < 4.78 is 13.5. The summed E-state index contributed by atoms with van der Waals surface area (Å²) in [5.74, 6) is 0.135. The molecule has 180 valence electrons. The maximum Gasteiger partial charge on any atom is 0.349 e. The Hall–Kier alpha value is -4.40. The van der Waals surface area contributed by atoms with E-state index in [0.29, 0.717) is 23.3 Å². The Labute approximate surface area is 201 Å². The molecule has 1 atom stereocenters. The molecule has 2 aromatic heterocycles. The second-order valence-corrected chi connectivity index (χ2v) is 8.01. The molecule has 0 bridgehead atoms.